The third kappa shape index (κ3) is 6.91. The monoisotopic (exact) mass is 815 g/mol. The maximum atomic E-state index is 5.26. The van der Waals surface area contributed by atoms with Crippen molar-refractivity contribution >= 4 is 43.1 Å². The minimum Gasteiger partial charge on any atom is -0.256 e. The first-order valence-corrected chi connectivity index (χ1v) is 21.5. The van der Waals surface area contributed by atoms with Gasteiger partial charge in [0, 0.05) is 51.0 Å². The van der Waals surface area contributed by atoms with Crippen molar-refractivity contribution in [1.29, 1.82) is 0 Å². The maximum absolute atomic E-state index is 5.26. The highest BCUT2D eigenvalue weighted by Gasteiger charge is 2.17. The minimum absolute atomic E-state index is 0.595. The van der Waals surface area contributed by atoms with Gasteiger partial charge < -0.3 is 0 Å². The molecule has 0 radical (unpaired) electrons. The van der Waals surface area contributed by atoms with Crippen molar-refractivity contribution < 1.29 is 0 Å². The van der Waals surface area contributed by atoms with Crippen LogP contribution in [-0.4, -0.2) is 24.9 Å². The topological polar surface area (TPSA) is 64.5 Å². The first kappa shape index (κ1) is 37.1. The number of fused-ring (bicyclic) bond motifs is 4. The quantitative estimate of drug-likeness (QED) is 0.160. The summed E-state index contributed by atoms with van der Waals surface area (Å²) in [5.74, 6) is 1.83. The Bertz CT molecular complexity index is 3480. The van der Waals surface area contributed by atoms with Gasteiger partial charge in [-0.1, -0.05) is 170 Å². The van der Waals surface area contributed by atoms with Gasteiger partial charge in [-0.25, -0.2) is 15.0 Å². The number of hydrogen-bond acceptors (Lipinski definition) is 5. The van der Waals surface area contributed by atoms with E-state index >= 15 is 0 Å². The van der Waals surface area contributed by atoms with E-state index in [9.17, 15) is 0 Å². The molecule has 0 bridgehead atoms. The second-order valence-electron chi connectivity index (χ2n) is 16.1. The number of benzene rings is 9. The molecule has 0 fully saturated rings. The van der Waals surface area contributed by atoms with Crippen molar-refractivity contribution in [3.8, 4) is 78.9 Å². The van der Waals surface area contributed by atoms with E-state index in [-0.39, 0.29) is 0 Å². The Morgan fingerprint density at radius 1 is 0.219 bits per heavy atom. The highest BCUT2D eigenvalue weighted by atomic mass is 15.0. The van der Waals surface area contributed by atoms with Crippen LogP contribution in [0.4, 0.5) is 0 Å². The first-order valence-electron chi connectivity index (χ1n) is 21.5. The Balaban J connectivity index is 1.02. The summed E-state index contributed by atoms with van der Waals surface area (Å²) in [6.07, 6.45) is 3.77. The van der Waals surface area contributed by atoms with E-state index in [1.807, 2.05) is 12.4 Å². The maximum Gasteiger partial charge on any atom is 0.164 e. The zero-order chi connectivity index (χ0) is 42.4. The molecule has 12 rings (SSSR count). The number of pyridine rings is 2. The van der Waals surface area contributed by atoms with E-state index in [1.165, 1.54) is 10.8 Å². The van der Waals surface area contributed by atoms with Gasteiger partial charge in [-0.2, -0.15) is 0 Å². The van der Waals surface area contributed by atoms with Gasteiger partial charge in [0.05, 0.1) is 11.4 Å². The zero-order valence-corrected chi connectivity index (χ0v) is 34.6. The van der Waals surface area contributed by atoms with Gasteiger partial charge in [0.2, 0.25) is 0 Å². The van der Waals surface area contributed by atoms with E-state index in [1.54, 1.807) is 0 Å². The van der Waals surface area contributed by atoms with Crippen LogP contribution in [0.2, 0.25) is 0 Å². The lowest BCUT2D eigenvalue weighted by atomic mass is 9.94. The van der Waals surface area contributed by atoms with Crippen LogP contribution in [-0.2, 0) is 0 Å². The third-order valence-corrected chi connectivity index (χ3v) is 12.2. The predicted octanol–water partition coefficient (Wildman–Crippen LogP) is 14.9. The lowest BCUT2D eigenvalue weighted by molar-refractivity contribution is 1.08. The van der Waals surface area contributed by atoms with E-state index in [0.29, 0.717) is 17.5 Å². The molecular weight excluding hydrogens is 779 g/mol. The van der Waals surface area contributed by atoms with E-state index in [4.69, 9.17) is 24.9 Å². The summed E-state index contributed by atoms with van der Waals surface area (Å²) in [5.41, 5.74) is 11.0. The summed E-state index contributed by atoms with van der Waals surface area (Å²) in [6.45, 7) is 0. The Labute approximate surface area is 370 Å². The van der Waals surface area contributed by atoms with Gasteiger partial charge in [0.25, 0.3) is 0 Å². The fraction of sp³-hybridized carbons (Fsp3) is 0. The molecule has 0 spiro atoms. The van der Waals surface area contributed by atoms with E-state index in [0.717, 1.165) is 93.8 Å². The van der Waals surface area contributed by atoms with Crippen molar-refractivity contribution in [3.63, 3.8) is 0 Å². The molecule has 0 aliphatic carbocycles. The van der Waals surface area contributed by atoms with Crippen LogP contribution >= 0.6 is 0 Å². The normalized spacial score (nSPS) is 11.4. The molecule has 0 aliphatic heterocycles. The molecule has 9 aromatic carbocycles. The van der Waals surface area contributed by atoms with Gasteiger partial charge in [-0.15, -0.1) is 0 Å². The standard InChI is InChI=1S/C59H37N5/c1-3-13-46-33-48(27-21-38(46)9-1)57-62-58(49-28-22-39-10-2-4-14-47(39)34-49)64-59(63-57)52-36-50(40-17-23-44(24-18-40)55-53-15-7-5-11-42(53)29-31-60-55)35-51(37-52)41-19-25-45(26-20-41)56-54-16-8-6-12-43(54)30-32-61-56/h1-37H. The number of aromatic nitrogens is 5. The lowest BCUT2D eigenvalue weighted by Crippen LogP contribution is -2.01. The van der Waals surface area contributed by atoms with Gasteiger partial charge in [-0.05, 0) is 97.0 Å². The van der Waals surface area contributed by atoms with Crippen molar-refractivity contribution in [2.75, 3.05) is 0 Å². The summed E-state index contributed by atoms with van der Waals surface area (Å²) in [6, 6.07) is 74.6. The largest absolute Gasteiger partial charge is 0.256 e. The second kappa shape index (κ2) is 15.7. The van der Waals surface area contributed by atoms with Crippen molar-refractivity contribution in [2.45, 2.75) is 0 Å². The number of hydrogen-bond donors (Lipinski definition) is 0. The summed E-state index contributed by atoms with van der Waals surface area (Å²) in [5, 5.41) is 9.17. The van der Waals surface area contributed by atoms with Crippen LogP contribution in [0.25, 0.3) is 122 Å². The van der Waals surface area contributed by atoms with Gasteiger partial charge in [0.15, 0.2) is 17.5 Å². The number of nitrogens with zero attached hydrogens (tertiary/aromatic N) is 5. The average Bonchev–Trinajstić information content (AvgIpc) is 3.38. The molecule has 0 atom stereocenters. The fourth-order valence-corrected chi connectivity index (χ4v) is 8.85. The summed E-state index contributed by atoms with van der Waals surface area (Å²) >= 11 is 0. The Hall–Kier alpha value is -8.67. The summed E-state index contributed by atoms with van der Waals surface area (Å²) in [4.78, 5) is 25.3. The molecule has 0 amide bonds. The Kier molecular flexibility index (Phi) is 9.08. The van der Waals surface area contributed by atoms with Crippen molar-refractivity contribution in [3.05, 3.63) is 225 Å². The average molecular weight is 816 g/mol. The highest BCUT2D eigenvalue weighted by Crippen LogP contribution is 2.37. The fourth-order valence-electron chi connectivity index (χ4n) is 8.85. The molecule has 64 heavy (non-hydrogen) atoms. The first-order chi connectivity index (χ1) is 31.7. The van der Waals surface area contributed by atoms with Gasteiger partial charge in [-0.3, -0.25) is 9.97 Å². The minimum atomic E-state index is 0.595. The molecule has 0 N–H and O–H groups in total. The lowest BCUT2D eigenvalue weighted by Gasteiger charge is -2.14. The molecule has 0 saturated carbocycles. The molecule has 5 heteroatoms. The molecule has 0 saturated heterocycles. The number of rotatable bonds is 7. The zero-order valence-electron chi connectivity index (χ0n) is 34.6. The molecule has 298 valence electrons. The molecule has 3 aromatic heterocycles. The second-order valence-corrected chi connectivity index (χ2v) is 16.1. The molecule has 3 heterocycles. The summed E-state index contributed by atoms with van der Waals surface area (Å²) in [7, 11) is 0. The van der Waals surface area contributed by atoms with E-state index < -0.39 is 0 Å². The van der Waals surface area contributed by atoms with Crippen LogP contribution < -0.4 is 0 Å². The van der Waals surface area contributed by atoms with Crippen LogP contribution in [0, 0.1) is 0 Å². The van der Waals surface area contributed by atoms with Gasteiger partial charge in [0.1, 0.15) is 0 Å². The Morgan fingerprint density at radius 3 is 1.02 bits per heavy atom. The smallest absolute Gasteiger partial charge is 0.164 e. The van der Waals surface area contributed by atoms with E-state index in [2.05, 4.69) is 212 Å². The molecule has 0 unspecified atom stereocenters. The van der Waals surface area contributed by atoms with Crippen LogP contribution in [0.3, 0.4) is 0 Å². The molecule has 12 aromatic rings. The summed E-state index contributed by atoms with van der Waals surface area (Å²) < 4.78 is 0. The van der Waals surface area contributed by atoms with Crippen molar-refractivity contribution in [2.24, 2.45) is 0 Å². The van der Waals surface area contributed by atoms with Crippen LogP contribution in [0.1, 0.15) is 0 Å². The van der Waals surface area contributed by atoms with Crippen molar-refractivity contribution in [1.82, 2.24) is 24.9 Å². The highest BCUT2D eigenvalue weighted by molar-refractivity contribution is 5.96. The molecule has 5 nitrogen and oxygen atoms in total. The molecular formula is C59H37N5. The molecule has 0 aliphatic rings. The van der Waals surface area contributed by atoms with Crippen LogP contribution in [0.15, 0.2) is 225 Å². The SMILES string of the molecule is c1ccc2cc(-c3nc(-c4cc(-c5ccc(-c6nccc7ccccc67)cc5)cc(-c5ccc(-c6nccc7ccccc67)cc5)c4)nc(-c4ccc5ccccc5c4)n3)ccc2c1. The van der Waals surface area contributed by atoms with Crippen LogP contribution in [0.5, 0.6) is 0 Å². The Morgan fingerprint density at radius 2 is 0.562 bits per heavy atom. The predicted molar refractivity (Wildman–Crippen MR) is 263 cm³/mol. The third-order valence-electron chi connectivity index (χ3n) is 12.2. The van der Waals surface area contributed by atoms with Gasteiger partial charge >= 0.3 is 0 Å².